The van der Waals surface area contributed by atoms with Gasteiger partial charge in [-0.2, -0.15) is 0 Å². The molecule has 2 fully saturated rings. The van der Waals surface area contributed by atoms with Crippen molar-refractivity contribution < 1.29 is 14.0 Å². The summed E-state index contributed by atoms with van der Waals surface area (Å²) in [6, 6.07) is 0. The molecule has 29 heavy (non-hydrogen) atoms. The first-order valence-corrected chi connectivity index (χ1v) is 10.3. The monoisotopic (exact) mass is 397 g/mol. The number of hydrogen-bond donors (Lipinski definition) is 0. The summed E-state index contributed by atoms with van der Waals surface area (Å²) in [5.41, 5.74) is 2.00. The predicted octanol–water partition coefficient (Wildman–Crippen LogP) is 2.38. The zero-order chi connectivity index (χ0) is 20.4. The predicted molar refractivity (Wildman–Crippen MR) is 105 cm³/mol. The van der Waals surface area contributed by atoms with Crippen LogP contribution in [0.4, 0.5) is 0 Å². The number of aryl methyl sites for hydroxylation is 2. The Kier molecular flexibility index (Phi) is 5.34. The minimum Gasteiger partial charge on any atom is -0.448 e. The van der Waals surface area contributed by atoms with E-state index in [1.807, 2.05) is 23.6 Å². The maximum atomic E-state index is 13.0. The maximum absolute atomic E-state index is 13.0. The van der Waals surface area contributed by atoms with Crippen molar-refractivity contribution in [2.45, 2.75) is 52.5 Å². The average molecular weight is 397 g/mol. The van der Waals surface area contributed by atoms with Crippen LogP contribution in [-0.2, 0) is 17.8 Å². The van der Waals surface area contributed by atoms with E-state index < -0.39 is 0 Å². The van der Waals surface area contributed by atoms with Crippen molar-refractivity contribution in [3.05, 3.63) is 41.6 Å². The summed E-state index contributed by atoms with van der Waals surface area (Å²) in [5, 5.41) is 0. The molecule has 2 amide bonds. The second-order valence-electron chi connectivity index (χ2n) is 8.21. The van der Waals surface area contributed by atoms with Gasteiger partial charge in [0.05, 0.1) is 24.1 Å². The molecule has 0 aliphatic carbocycles. The highest BCUT2D eigenvalue weighted by atomic mass is 16.3. The Balaban J connectivity index is 1.48. The van der Waals surface area contributed by atoms with Gasteiger partial charge in [0.15, 0.2) is 12.1 Å². The lowest BCUT2D eigenvalue weighted by atomic mass is 9.73. The summed E-state index contributed by atoms with van der Waals surface area (Å²) in [6.07, 6.45) is 8.70. The van der Waals surface area contributed by atoms with Gasteiger partial charge in [-0.1, -0.05) is 6.92 Å². The highest BCUT2D eigenvalue weighted by Gasteiger charge is 2.43. The average Bonchev–Trinajstić information content (AvgIpc) is 3.21. The lowest BCUT2D eigenvalue weighted by Gasteiger charge is -2.48. The van der Waals surface area contributed by atoms with Crippen LogP contribution in [0.1, 0.15) is 60.2 Å². The number of likely N-dealkylation sites (tertiary alicyclic amines) is 2. The summed E-state index contributed by atoms with van der Waals surface area (Å²) < 4.78 is 5.34. The molecule has 0 saturated carbocycles. The molecule has 2 aromatic heterocycles. The van der Waals surface area contributed by atoms with Crippen molar-refractivity contribution >= 4 is 11.8 Å². The molecule has 1 spiro atoms. The van der Waals surface area contributed by atoms with E-state index in [2.05, 4.69) is 15.0 Å². The van der Waals surface area contributed by atoms with E-state index in [1.54, 1.807) is 12.4 Å². The number of nitrogens with zero attached hydrogens (tertiary/aromatic N) is 5. The van der Waals surface area contributed by atoms with E-state index >= 15 is 0 Å². The van der Waals surface area contributed by atoms with Gasteiger partial charge in [-0.25, -0.2) is 4.98 Å². The van der Waals surface area contributed by atoms with Crippen LogP contribution in [0.2, 0.25) is 0 Å². The highest BCUT2D eigenvalue weighted by molar-refractivity contribution is 5.93. The Morgan fingerprint density at radius 3 is 2.83 bits per heavy atom. The minimum atomic E-state index is -0.0734. The number of carbonyl (C=O) groups excluding carboxylic acids is 2. The van der Waals surface area contributed by atoms with Gasteiger partial charge in [0.1, 0.15) is 5.76 Å². The van der Waals surface area contributed by atoms with E-state index in [0.29, 0.717) is 50.5 Å². The largest absolute Gasteiger partial charge is 0.448 e. The number of aromatic nitrogens is 3. The molecule has 2 aliphatic rings. The summed E-state index contributed by atoms with van der Waals surface area (Å²) in [5.74, 6) is 0.710. The fourth-order valence-corrected chi connectivity index (χ4v) is 4.50. The van der Waals surface area contributed by atoms with Crippen LogP contribution in [-0.4, -0.2) is 56.2 Å². The van der Waals surface area contributed by atoms with Crippen LogP contribution in [0, 0.1) is 12.3 Å². The van der Waals surface area contributed by atoms with Crippen LogP contribution in [0.15, 0.2) is 23.2 Å². The molecule has 0 bridgehead atoms. The molecule has 2 aliphatic heterocycles. The van der Waals surface area contributed by atoms with Crippen molar-refractivity contribution in [3.63, 3.8) is 0 Å². The third-order valence-electron chi connectivity index (χ3n) is 6.05. The maximum Gasteiger partial charge on any atom is 0.276 e. The van der Waals surface area contributed by atoms with Gasteiger partial charge in [0.2, 0.25) is 5.91 Å². The Morgan fingerprint density at radius 1 is 1.21 bits per heavy atom. The SMILES string of the molecule is CCc1ocnc1C(=O)N1CCC[C@]2(CCC(=O)N(Cc3cnc(C)cn3)C2)C1. The Labute approximate surface area is 170 Å². The molecule has 1 atom stereocenters. The Morgan fingerprint density at radius 2 is 2.07 bits per heavy atom. The lowest BCUT2D eigenvalue weighted by molar-refractivity contribution is -0.139. The van der Waals surface area contributed by atoms with Gasteiger partial charge in [-0.05, 0) is 26.2 Å². The first kappa shape index (κ1) is 19.5. The minimum absolute atomic E-state index is 0.0671. The Bertz CT molecular complexity index is 894. The van der Waals surface area contributed by atoms with E-state index in [-0.39, 0.29) is 17.2 Å². The van der Waals surface area contributed by atoms with Gasteiger partial charge in [0.25, 0.3) is 5.91 Å². The topological polar surface area (TPSA) is 92.4 Å². The van der Waals surface area contributed by atoms with E-state index in [9.17, 15) is 9.59 Å². The standard InChI is InChI=1S/C21H27N5O3/c1-3-17-19(24-14-29-17)20(28)25-8-4-6-21(12-25)7-5-18(27)26(13-21)11-16-10-22-15(2)9-23-16/h9-10,14H,3-8,11-13H2,1-2H3/t21-/m0/s1. The molecule has 0 N–H and O–H groups in total. The molecule has 2 aromatic rings. The summed E-state index contributed by atoms with van der Waals surface area (Å²) in [7, 11) is 0. The van der Waals surface area contributed by atoms with Gasteiger partial charge in [-0.15, -0.1) is 0 Å². The van der Waals surface area contributed by atoms with Crippen LogP contribution in [0.5, 0.6) is 0 Å². The van der Waals surface area contributed by atoms with Gasteiger partial charge in [-0.3, -0.25) is 19.6 Å². The molecule has 0 aromatic carbocycles. The van der Waals surface area contributed by atoms with Gasteiger partial charge >= 0.3 is 0 Å². The first-order valence-electron chi connectivity index (χ1n) is 10.3. The van der Waals surface area contributed by atoms with Crippen LogP contribution < -0.4 is 0 Å². The molecule has 4 rings (SSSR count). The zero-order valence-corrected chi connectivity index (χ0v) is 17.1. The van der Waals surface area contributed by atoms with Gasteiger partial charge < -0.3 is 14.2 Å². The van der Waals surface area contributed by atoms with E-state index in [4.69, 9.17) is 4.42 Å². The number of amides is 2. The fraction of sp³-hybridized carbons (Fsp3) is 0.571. The van der Waals surface area contributed by atoms with Crippen LogP contribution >= 0.6 is 0 Å². The number of oxazole rings is 1. The number of rotatable bonds is 4. The van der Waals surface area contributed by atoms with E-state index in [1.165, 1.54) is 6.39 Å². The molecule has 0 radical (unpaired) electrons. The van der Waals surface area contributed by atoms with Crippen molar-refractivity contribution in [2.24, 2.45) is 5.41 Å². The Hall–Kier alpha value is -2.77. The number of piperidine rings is 2. The first-order chi connectivity index (χ1) is 14.0. The van der Waals surface area contributed by atoms with Crippen LogP contribution in [0.25, 0.3) is 0 Å². The molecule has 8 nitrogen and oxygen atoms in total. The third-order valence-corrected chi connectivity index (χ3v) is 6.05. The molecule has 8 heteroatoms. The highest BCUT2D eigenvalue weighted by Crippen LogP contribution is 2.39. The second-order valence-corrected chi connectivity index (χ2v) is 8.21. The molecule has 0 unspecified atom stereocenters. The molecular formula is C21H27N5O3. The normalized spacial score (nSPS) is 22.3. The van der Waals surface area contributed by atoms with Crippen molar-refractivity contribution in [1.29, 1.82) is 0 Å². The molecular weight excluding hydrogens is 370 g/mol. The summed E-state index contributed by atoms with van der Waals surface area (Å²) in [4.78, 5) is 42.2. The number of carbonyl (C=O) groups is 2. The van der Waals surface area contributed by atoms with Crippen LogP contribution in [0.3, 0.4) is 0 Å². The quantitative estimate of drug-likeness (QED) is 0.786. The molecule has 4 heterocycles. The van der Waals surface area contributed by atoms with E-state index in [0.717, 1.165) is 30.7 Å². The summed E-state index contributed by atoms with van der Waals surface area (Å²) in [6.45, 7) is 6.31. The lowest BCUT2D eigenvalue weighted by Crippen LogP contribution is -2.55. The van der Waals surface area contributed by atoms with Gasteiger partial charge in [0, 0.05) is 44.1 Å². The summed E-state index contributed by atoms with van der Waals surface area (Å²) >= 11 is 0. The third kappa shape index (κ3) is 4.02. The molecule has 154 valence electrons. The van der Waals surface area contributed by atoms with Crippen molar-refractivity contribution in [2.75, 3.05) is 19.6 Å². The second kappa shape index (κ2) is 7.93. The smallest absolute Gasteiger partial charge is 0.276 e. The number of hydrogen-bond acceptors (Lipinski definition) is 6. The fourth-order valence-electron chi connectivity index (χ4n) is 4.50. The van der Waals surface area contributed by atoms with Crippen molar-refractivity contribution in [3.8, 4) is 0 Å². The zero-order valence-electron chi connectivity index (χ0n) is 17.1. The van der Waals surface area contributed by atoms with Crippen molar-refractivity contribution in [1.82, 2.24) is 24.8 Å². The molecule has 2 saturated heterocycles.